The van der Waals surface area contributed by atoms with Gasteiger partial charge in [0.15, 0.2) is 5.01 Å². The van der Waals surface area contributed by atoms with E-state index >= 15 is 0 Å². The molecule has 0 aromatic carbocycles. The third-order valence-corrected chi connectivity index (χ3v) is 4.18. The maximum Gasteiger partial charge on any atom is 0.203 e. The molecule has 1 saturated carbocycles. The molecule has 0 spiro atoms. The van der Waals surface area contributed by atoms with Gasteiger partial charge < -0.3 is 5.73 Å². The van der Waals surface area contributed by atoms with E-state index in [2.05, 4.69) is 15.2 Å². The molecular weight excluding hydrogens is 216 g/mol. The number of anilines is 1. The topological polar surface area (TPSA) is 64.7 Å². The van der Waals surface area contributed by atoms with Crippen molar-refractivity contribution in [2.75, 3.05) is 5.73 Å². The van der Waals surface area contributed by atoms with Crippen molar-refractivity contribution >= 4 is 27.8 Å². The van der Waals surface area contributed by atoms with E-state index in [9.17, 15) is 0 Å². The van der Waals surface area contributed by atoms with Gasteiger partial charge in [-0.1, -0.05) is 11.3 Å². The molecule has 0 saturated heterocycles. The highest BCUT2D eigenvalue weighted by atomic mass is 32.1. The van der Waals surface area contributed by atoms with Crippen LogP contribution in [0.25, 0.3) is 9.88 Å². The molecule has 6 heteroatoms. The molecule has 2 N–H and O–H groups in total. The molecule has 4 nitrogen and oxygen atoms in total. The van der Waals surface area contributed by atoms with Crippen molar-refractivity contribution in [3.05, 3.63) is 11.2 Å². The molecule has 1 fully saturated rings. The number of hydrogen-bond acceptors (Lipinski definition) is 6. The molecule has 2 heterocycles. The molecular formula is C8H8N4S2. The molecule has 14 heavy (non-hydrogen) atoms. The van der Waals surface area contributed by atoms with Crippen LogP contribution in [0.5, 0.6) is 0 Å². The lowest BCUT2D eigenvalue weighted by Crippen LogP contribution is -1.79. The molecule has 1 aliphatic rings. The highest BCUT2D eigenvalue weighted by Gasteiger charge is 2.27. The van der Waals surface area contributed by atoms with Crippen molar-refractivity contribution < 1.29 is 0 Å². The fourth-order valence-electron chi connectivity index (χ4n) is 1.24. The molecule has 2 aromatic rings. The number of aromatic nitrogens is 3. The molecule has 0 atom stereocenters. The number of hydrogen-bond donors (Lipinski definition) is 1. The van der Waals surface area contributed by atoms with E-state index in [1.807, 2.05) is 6.20 Å². The number of nitrogens with zero attached hydrogens (tertiary/aromatic N) is 3. The van der Waals surface area contributed by atoms with E-state index < -0.39 is 0 Å². The Kier molecular flexibility index (Phi) is 1.78. The predicted molar refractivity (Wildman–Crippen MR) is 57.4 cm³/mol. The van der Waals surface area contributed by atoms with Gasteiger partial charge in [-0.3, -0.25) is 0 Å². The third-order valence-electron chi connectivity index (χ3n) is 2.10. The van der Waals surface area contributed by atoms with Crippen LogP contribution in [0.2, 0.25) is 0 Å². The highest BCUT2D eigenvalue weighted by molar-refractivity contribution is 7.23. The zero-order valence-corrected chi connectivity index (χ0v) is 8.94. The molecule has 0 aliphatic heterocycles. The maximum absolute atomic E-state index is 5.52. The Bertz CT molecular complexity index is 457. The van der Waals surface area contributed by atoms with Crippen LogP contribution in [-0.2, 0) is 0 Å². The summed E-state index contributed by atoms with van der Waals surface area (Å²) in [6, 6.07) is 0. The first-order chi connectivity index (χ1) is 6.83. The van der Waals surface area contributed by atoms with Crippen LogP contribution in [0.4, 0.5) is 5.13 Å². The Morgan fingerprint density at radius 1 is 1.29 bits per heavy atom. The first-order valence-electron chi connectivity index (χ1n) is 4.38. The Labute approximate surface area is 88.8 Å². The lowest BCUT2D eigenvalue weighted by molar-refractivity contribution is 1.08. The standard InChI is InChI=1S/C8H8N4S2/c9-8-12-11-7(14-8)5-3-10-6(13-5)4-1-2-4/h3-4H,1-2H2,(H2,9,12). The van der Waals surface area contributed by atoms with Crippen LogP contribution >= 0.6 is 22.7 Å². The third kappa shape index (κ3) is 1.40. The fourth-order valence-corrected chi connectivity index (χ4v) is 2.97. The second kappa shape index (κ2) is 2.99. The van der Waals surface area contributed by atoms with Gasteiger partial charge in [0.05, 0.1) is 9.88 Å². The maximum atomic E-state index is 5.52. The van der Waals surface area contributed by atoms with Gasteiger partial charge >= 0.3 is 0 Å². The zero-order valence-electron chi connectivity index (χ0n) is 7.30. The molecule has 0 amide bonds. The second-order valence-electron chi connectivity index (χ2n) is 3.28. The normalized spacial score (nSPS) is 16.0. The Balaban J connectivity index is 1.95. The van der Waals surface area contributed by atoms with Crippen molar-refractivity contribution in [2.24, 2.45) is 0 Å². The van der Waals surface area contributed by atoms with E-state index in [4.69, 9.17) is 5.73 Å². The molecule has 0 unspecified atom stereocenters. The van der Waals surface area contributed by atoms with Gasteiger partial charge in [0, 0.05) is 12.1 Å². The van der Waals surface area contributed by atoms with Crippen LogP contribution in [0.3, 0.4) is 0 Å². The summed E-state index contributed by atoms with van der Waals surface area (Å²) in [5.74, 6) is 0.707. The van der Waals surface area contributed by atoms with E-state index in [1.54, 1.807) is 11.3 Å². The van der Waals surface area contributed by atoms with Crippen molar-refractivity contribution in [2.45, 2.75) is 18.8 Å². The largest absolute Gasteiger partial charge is 0.374 e. The smallest absolute Gasteiger partial charge is 0.203 e. The SMILES string of the molecule is Nc1nnc(-c2cnc(C3CC3)s2)s1. The van der Waals surface area contributed by atoms with E-state index in [0.717, 1.165) is 9.88 Å². The number of rotatable bonds is 2. The van der Waals surface area contributed by atoms with Gasteiger partial charge in [-0.05, 0) is 12.8 Å². The summed E-state index contributed by atoms with van der Waals surface area (Å²) >= 11 is 3.12. The van der Waals surface area contributed by atoms with Gasteiger partial charge in [-0.15, -0.1) is 21.5 Å². The summed E-state index contributed by atoms with van der Waals surface area (Å²) in [5, 5.41) is 10.4. The Hall–Kier alpha value is -1.01. The van der Waals surface area contributed by atoms with Crippen molar-refractivity contribution in [3.8, 4) is 9.88 Å². The zero-order chi connectivity index (χ0) is 9.54. The lowest BCUT2D eigenvalue weighted by atomic mass is 10.5. The molecule has 1 aliphatic carbocycles. The molecule has 0 radical (unpaired) electrons. The van der Waals surface area contributed by atoms with Crippen LogP contribution < -0.4 is 5.73 Å². The highest BCUT2D eigenvalue weighted by Crippen LogP contribution is 2.43. The van der Waals surface area contributed by atoms with Gasteiger partial charge in [-0.25, -0.2) is 4.98 Å². The quantitative estimate of drug-likeness (QED) is 0.848. The minimum atomic E-state index is 0.515. The predicted octanol–water partition coefficient (Wildman–Crippen LogP) is 2.12. The van der Waals surface area contributed by atoms with Gasteiger partial charge in [0.2, 0.25) is 5.13 Å². The Morgan fingerprint density at radius 3 is 2.79 bits per heavy atom. The van der Waals surface area contributed by atoms with Crippen LogP contribution in [-0.4, -0.2) is 15.2 Å². The monoisotopic (exact) mass is 224 g/mol. The number of thiazole rings is 1. The Morgan fingerprint density at radius 2 is 2.14 bits per heavy atom. The summed E-state index contributed by atoms with van der Waals surface area (Å²) in [6.07, 6.45) is 4.44. The summed E-state index contributed by atoms with van der Waals surface area (Å²) in [7, 11) is 0. The molecule has 3 rings (SSSR count). The minimum absolute atomic E-state index is 0.515. The average Bonchev–Trinajstić information content (AvgIpc) is 2.76. The van der Waals surface area contributed by atoms with E-state index in [1.165, 1.54) is 29.2 Å². The van der Waals surface area contributed by atoms with Crippen molar-refractivity contribution in [3.63, 3.8) is 0 Å². The molecule has 0 bridgehead atoms. The molecule has 72 valence electrons. The van der Waals surface area contributed by atoms with Crippen molar-refractivity contribution in [1.29, 1.82) is 0 Å². The fraction of sp³-hybridized carbons (Fsp3) is 0.375. The van der Waals surface area contributed by atoms with Gasteiger partial charge in [0.1, 0.15) is 0 Å². The van der Waals surface area contributed by atoms with E-state index in [-0.39, 0.29) is 0 Å². The van der Waals surface area contributed by atoms with Crippen molar-refractivity contribution in [1.82, 2.24) is 15.2 Å². The van der Waals surface area contributed by atoms with Crippen LogP contribution in [0, 0.1) is 0 Å². The molecule has 2 aromatic heterocycles. The first-order valence-corrected chi connectivity index (χ1v) is 6.01. The lowest BCUT2D eigenvalue weighted by Gasteiger charge is -1.84. The first kappa shape index (κ1) is 8.31. The summed E-state index contributed by atoms with van der Waals surface area (Å²) in [6.45, 7) is 0. The average molecular weight is 224 g/mol. The van der Waals surface area contributed by atoms with E-state index in [0.29, 0.717) is 11.0 Å². The van der Waals surface area contributed by atoms with Gasteiger partial charge in [-0.2, -0.15) is 0 Å². The summed E-state index contributed by atoms with van der Waals surface area (Å²) < 4.78 is 0. The van der Waals surface area contributed by atoms with Crippen LogP contribution in [0.15, 0.2) is 6.20 Å². The van der Waals surface area contributed by atoms with Crippen LogP contribution in [0.1, 0.15) is 23.8 Å². The summed E-state index contributed by atoms with van der Waals surface area (Å²) in [4.78, 5) is 5.46. The number of nitrogens with two attached hydrogens (primary N) is 1. The number of nitrogen functional groups attached to an aromatic ring is 1. The minimum Gasteiger partial charge on any atom is -0.374 e. The second-order valence-corrected chi connectivity index (χ2v) is 5.35. The summed E-state index contributed by atoms with van der Waals surface area (Å²) in [5.41, 5.74) is 5.52. The van der Waals surface area contributed by atoms with Gasteiger partial charge in [0.25, 0.3) is 0 Å².